The first-order chi connectivity index (χ1) is 6.15. The van der Waals surface area contributed by atoms with Crippen LogP contribution in [0, 0.1) is 6.92 Å². The van der Waals surface area contributed by atoms with E-state index in [4.69, 9.17) is 17.3 Å². The molecule has 1 rings (SSSR count). The molecule has 0 radical (unpaired) electrons. The Morgan fingerprint density at radius 3 is 2.77 bits per heavy atom. The van der Waals surface area contributed by atoms with Crippen molar-refractivity contribution in [3.05, 3.63) is 34.3 Å². The second kappa shape index (κ2) is 4.64. The van der Waals surface area contributed by atoms with Crippen LogP contribution in [-0.2, 0) is 0 Å². The highest BCUT2D eigenvalue weighted by Gasteiger charge is 2.08. The molecule has 0 aliphatic carbocycles. The van der Waals surface area contributed by atoms with Crippen molar-refractivity contribution in [3.63, 3.8) is 0 Å². The van der Waals surface area contributed by atoms with Gasteiger partial charge in [0.15, 0.2) is 0 Å². The zero-order valence-electron chi connectivity index (χ0n) is 8.18. The molecule has 0 aromatic heterocycles. The summed E-state index contributed by atoms with van der Waals surface area (Å²) in [7, 11) is 0. The minimum atomic E-state index is 0.0809. The molecule has 1 atom stereocenters. The largest absolute Gasteiger partial charge is 0.324 e. The standard InChI is InChI=1S/C11H16ClN/c1-3-4-11(13)9-7-8(2)5-6-10(9)12/h5-7,11H,3-4,13H2,1-2H3. The smallest absolute Gasteiger partial charge is 0.0453 e. The van der Waals surface area contributed by atoms with Crippen LogP contribution < -0.4 is 5.73 Å². The fourth-order valence-corrected chi connectivity index (χ4v) is 1.67. The van der Waals surface area contributed by atoms with Gasteiger partial charge in [0.05, 0.1) is 0 Å². The van der Waals surface area contributed by atoms with Crippen LogP contribution in [0.25, 0.3) is 0 Å². The van der Waals surface area contributed by atoms with Crippen LogP contribution in [0.3, 0.4) is 0 Å². The third-order valence-corrected chi connectivity index (χ3v) is 2.49. The van der Waals surface area contributed by atoms with E-state index in [2.05, 4.69) is 19.9 Å². The third-order valence-electron chi connectivity index (χ3n) is 2.15. The molecular weight excluding hydrogens is 182 g/mol. The molecule has 2 N–H and O–H groups in total. The van der Waals surface area contributed by atoms with Gasteiger partial charge in [-0.1, -0.05) is 42.6 Å². The highest BCUT2D eigenvalue weighted by atomic mass is 35.5. The minimum absolute atomic E-state index is 0.0809. The fraction of sp³-hybridized carbons (Fsp3) is 0.455. The van der Waals surface area contributed by atoms with Crippen molar-refractivity contribution in [2.75, 3.05) is 0 Å². The number of hydrogen-bond acceptors (Lipinski definition) is 1. The first-order valence-electron chi connectivity index (χ1n) is 4.66. The molecule has 0 aliphatic heterocycles. The van der Waals surface area contributed by atoms with E-state index >= 15 is 0 Å². The van der Waals surface area contributed by atoms with E-state index in [0.717, 1.165) is 23.4 Å². The summed E-state index contributed by atoms with van der Waals surface area (Å²) >= 11 is 6.05. The lowest BCUT2D eigenvalue weighted by Crippen LogP contribution is -2.10. The lowest BCUT2D eigenvalue weighted by Gasteiger charge is -2.13. The molecule has 2 heteroatoms. The number of nitrogens with two attached hydrogens (primary N) is 1. The fourth-order valence-electron chi connectivity index (χ4n) is 1.41. The highest BCUT2D eigenvalue weighted by Crippen LogP contribution is 2.25. The van der Waals surface area contributed by atoms with E-state index in [1.807, 2.05) is 12.1 Å². The summed E-state index contributed by atoms with van der Waals surface area (Å²) in [4.78, 5) is 0. The zero-order chi connectivity index (χ0) is 9.84. The molecule has 0 aliphatic rings. The van der Waals surface area contributed by atoms with Crippen molar-refractivity contribution >= 4 is 11.6 Å². The lowest BCUT2D eigenvalue weighted by atomic mass is 10.0. The van der Waals surface area contributed by atoms with Gasteiger partial charge in [-0.25, -0.2) is 0 Å². The van der Waals surface area contributed by atoms with E-state index in [9.17, 15) is 0 Å². The molecule has 1 unspecified atom stereocenters. The number of rotatable bonds is 3. The van der Waals surface area contributed by atoms with Crippen molar-refractivity contribution in [1.82, 2.24) is 0 Å². The number of aryl methyl sites for hydroxylation is 1. The Bertz CT molecular complexity index is 283. The van der Waals surface area contributed by atoms with Gasteiger partial charge in [0.1, 0.15) is 0 Å². The number of halogens is 1. The molecule has 0 saturated heterocycles. The van der Waals surface area contributed by atoms with E-state index < -0.39 is 0 Å². The Labute approximate surface area is 84.9 Å². The van der Waals surface area contributed by atoms with Crippen LogP contribution in [0.2, 0.25) is 5.02 Å². The molecule has 0 bridgehead atoms. The average Bonchev–Trinajstić information content (AvgIpc) is 2.09. The Kier molecular flexibility index (Phi) is 3.76. The van der Waals surface area contributed by atoms with Crippen LogP contribution in [0.1, 0.15) is 36.9 Å². The van der Waals surface area contributed by atoms with Crippen LogP contribution >= 0.6 is 11.6 Å². The second-order valence-corrected chi connectivity index (χ2v) is 3.83. The predicted octanol–water partition coefficient (Wildman–Crippen LogP) is 3.45. The molecule has 1 nitrogen and oxygen atoms in total. The molecule has 1 aromatic rings. The molecule has 0 fully saturated rings. The Morgan fingerprint density at radius 2 is 2.15 bits per heavy atom. The number of hydrogen-bond donors (Lipinski definition) is 1. The van der Waals surface area contributed by atoms with Gasteiger partial charge in [0.2, 0.25) is 0 Å². The van der Waals surface area contributed by atoms with Crippen molar-refractivity contribution < 1.29 is 0 Å². The van der Waals surface area contributed by atoms with Crippen LogP contribution in [-0.4, -0.2) is 0 Å². The quantitative estimate of drug-likeness (QED) is 0.790. The minimum Gasteiger partial charge on any atom is -0.324 e. The van der Waals surface area contributed by atoms with Crippen molar-refractivity contribution in [1.29, 1.82) is 0 Å². The molecule has 13 heavy (non-hydrogen) atoms. The van der Waals surface area contributed by atoms with Gasteiger partial charge in [-0.15, -0.1) is 0 Å². The maximum atomic E-state index is 6.05. The number of benzene rings is 1. The predicted molar refractivity (Wildman–Crippen MR) is 58.0 cm³/mol. The normalized spacial score (nSPS) is 12.9. The summed E-state index contributed by atoms with van der Waals surface area (Å²) in [5.41, 5.74) is 8.28. The van der Waals surface area contributed by atoms with E-state index in [-0.39, 0.29) is 6.04 Å². The second-order valence-electron chi connectivity index (χ2n) is 3.42. The lowest BCUT2D eigenvalue weighted by molar-refractivity contribution is 0.638. The third kappa shape index (κ3) is 2.71. The van der Waals surface area contributed by atoms with Crippen LogP contribution in [0.5, 0.6) is 0 Å². The van der Waals surface area contributed by atoms with Crippen molar-refractivity contribution in [2.45, 2.75) is 32.7 Å². The summed E-state index contributed by atoms with van der Waals surface area (Å²) in [5.74, 6) is 0. The molecule has 0 spiro atoms. The SMILES string of the molecule is CCCC(N)c1cc(C)ccc1Cl. The van der Waals surface area contributed by atoms with Crippen molar-refractivity contribution in [2.24, 2.45) is 5.73 Å². The van der Waals surface area contributed by atoms with Crippen LogP contribution in [0.15, 0.2) is 18.2 Å². The topological polar surface area (TPSA) is 26.0 Å². The maximum Gasteiger partial charge on any atom is 0.0453 e. The van der Waals surface area contributed by atoms with Crippen molar-refractivity contribution in [3.8, 4) is 0 Å². The summed E-state index contributed by atoms with van der Waals surface area (Å²) < 4.78 is 0. The summed E-state index contributed by atoms with van der Waals surface area (Å²) in [6.07, 6.45) is 2.08. The van der Waals surface area contributed by atoms with Gasteiger partial charge in [-0.05, 0) is 25.0 Å². The first-order valence-corrected chi connectivity index (χ1v) is 5.04. The van der Waals surface area contributed by atoms with Gasteiger partial charge in [-0.2, -0.15) is 0 Å². The molecule has 0 amide bonds. The van der Waals surface area contributed by atoms with Gasteiger partial charge in [-0.3, -0.25) is 0 Å². The van der Waals surface area contributed by atoms with Gasteiger partial charge >= 0.3 is 0 Å². The maximum absolute atomic E-state index is 6.05. The van der Waals surface area contributed by atoms with E-state index in [0.29, 0.717) is 0 Å². The Morgan fingerprint density at radius 1 is 1.46 bits per heavy atom. The molecule has 1 aromatic carbocycles. The summed E-state index contributed by atoms with van der Waals surface area (Å²) in [6.45, 7) is 4.18. The summed E-state index contributed by atoms with van der Waals surface area (Å²) in [6, 6.07) is 6.08. The monoisotopic (exact) mass is 197 g/mol. The van der Waals surface area contributed by atoms with Gasteiger partial charge in [0, 0.05) is 11.1 Å². The zero-order valence-corrected chi connectivity index (χ0v) is 8.93. The Balaban J connectivity index is 2.91. The molecule has 0 saturated carbocycles. The van der Waals surface area contributed by atoms with E-state index in [1.54, 1.807) is 0 Å². The Hall–Kier alpha value is -0.530. The molecule has 72 valence electrons. The first kappa shape index (κ1) is 10.6. The van der Waals surface area contributed by atoms with E-state index in [1.165, 1.54) is 5.56 Å². The van der Waals surface area contributed by atoms with Gasteiger partial charge in [0.25, 0.3) is 0 Å². The highest BCUT2D eigenvalue weighted by molar-refractivity contribution is 6.31. The summed E-state index contributed by atoms with van der Waals surface area (Å²) in [5, 5.41) is 0.784. The molecular formula is C11H16ClN. The van der Waals surface area contributed by atoms with Gasteiger partial charge < -0.3 is 5.73 Å². The van der Waals surface area contributed by atoms with Crippen LogP contribution in [0.4, 0.5) is 0 Å². The average molecular weight is 198 g/mol. The molecule has 0 heterocycles.